The van der Waals surface area contributed by atoms with Crippen molar-refractivity contribution < 1.29 is 0 Å². The molecule has 0 aliphatic carbocycles. The maximum absolute atomic E-state index is 6.27. The Morgan fingerprint density at radius 2 is 2.24 bits per heavy atom. The van der Waals surface area contributed by atoms with Crippen LogP contribution < -0.4 is 15.5 Å². The third-order valence-electron chi connectivity index (χ3n) is 4.90. The lowest BCUT2D eigenvalue weighted by atomic mass is 10.2. The number of aliphatic imine (C=N–C) groups is 1. The number of pyridine rings is 1. The molecule has 1 atom stereocenters. The van der Waals surface area contributed by atoms with E-state index in [1.54, 1.807) is 13.2 Å². The molecule has 3 aromatic rings. The Labute approximate surface area is 192 Å². The van der Waals surface area contributed by atoms with Gasteiger partial charge in [0.25, 0.3) is 0 Å². The molecule has 3 N–H and O–H groups in total. The summed E-state index contributed by atoms with van der Waals surface area (Å²) in [5.41, 5.74) is 3.24. The second-order valence-electron chi connectivity index (χ2n) is 7.01. The molecule has 7 nitrogen and oxygen atoms in total. The van der Waals surface area contributed by atoms with Crippen molar-refractivity contribution in [1.82, 2.24) is 25.6 Å². The monoisotopic (exact) mass is 525 g/mol. The first-order valence-corrected chi connectivity index (χ1v) is 9.78. The van der Waals surface area contributed by atoms with E-state index in [0.29, 0.717) is 11.6 Å². The summed E-state index contributed by atoms with van der Waals surface area (Å²) < 4.78 is 0. The average molecular weight is 526 g/mol. The fraction of sp³-hybridized carbons (Fsp3) is 0.350. The third-order valence-corrected chi connectivity index (χ3v) is 5.20. The predicted molar refractivity (Wildman–Crippen MR) is 129 cm³/mol. The minimum Gasteiger partial charge on any atom is -0.353 e. The summed E-state index contributed by atoms with van der Waals surface area (Å²) >= 11 is 6.27. The van der Waals surface area contributed by atoms with E-state index in [1.807, 2.05) is 18.2 Å². The molecule has 29 heavy (non-hydrogen) atoms. The number of hydrogen-bond donors (Lipinski definition) is 3. The van der Waals surface area contributed by atoms with Gasteiger partial charge in [-0.3, -0.25) is 4.99 Å². The van der Waals surface area contributed by atoms with Gasteiger partial charge in [-0.05, 0) is 43.2 Å². The Bertz CT molecular complexity index is 1000. The summed E-state index contributed by atoms with van der Waals surface area (Å²) in [7, 11) is 1.78. The number of hydrogen-bond acceptors (Lipinski definition) is 4. The van der Waals surface area contributed by atoms with Crippen LogP contribution in [0.15, 0.2) is 41.5 Å². The third kappa shape index (κ3) is 5.11. The lowest BCUT2D eigenvalue weighted by Gasteiger charge is -2.20. The number of nitrogens with one attached hydrogen (secondary N) is 3. The van der Waals surface area contributed by atoms with Gasteiger partial charge in [-0.2, -0.15) is 0 Å². The topological polar surface area (TPSA) is 81.2 Å². The highest BCUT2D eigenvalue weighted by Gasteiger charge is 2.25. The molecule has 1 aliphatic rings. The van der Waals surface area contributed by atoms with Crippen LogP contribution in [0.3, 0.4) is 0 Å². The molecule has 0 spiro atoms. The van der Waals surface area contributed by atoms with Crippen LogP contribution in [0.1, 0.15) is 17.8 Å². The van der Waals surface area contributed by atoms with Crippen LogP contribution in [0.4, 0.5) is 5.82 Å². The average Bonchev–Trinajstić information content (AvgIpc) is 3.31. The van der Waals surface area contributed by atoms with Gasteiger partial charge in [0, 0.05) is 32.4 Å². The standard InChI is InChI=1S/C20H24ClN7.HI/c1-13-5-6-16-17(10-13)27-18(26-16)11-24-20(22-2)25-14-7-9-28(12-14)19-15(21)4-3-8-23-19;/h3-6,8,10,14H,7,9,11-12H2,1-2H3,(H,26,27)(H2,22,24,25);1H. The van der Waals surface area contributed by atoms with Crippen molar-refractivity contribution in [2.75, 3.05) is 25.0 Å². The molecule has 1 unspecified atom stereocenters. The van der Waals surface area contributed by atoms with E-state index in [0.717, 1.165) is 48.1 Å². The maximum Gasteiger partial charge on any atom is 0.191 e. The molecule has 154 valence electrons. The molecule has 0 bridgehead atoms. The van der Waals surface area contributed by atoms with Crippen molar-refractivity contribution >= 4 is 58.4 Å². The summed E-state index contributed by atoms with van der Waals surface area (Å²) in [6.07, 6.45) is 2.77. The van der Waals surface area contributed by atoms with E-state index in [-0.39, 0.29) is 30.0 Å². The van der Waals surface area contributed by atoms with E-state index in [1.165, 1.54) is 5.56 Å². The van der Waals surface area contributed by atoms with E-state index in [2.05, 4.69) is 54.5 Å². The van der Waals surface area contributed by atoms with Gasteiger partial charge in [-0.25, -0.2) is 9.97 Å². The molecule has 9 heteroatoms. The van der Waals surface area contributed by atoms with Crippen LogP contribution in [0.2, 0.25) is 5.02 Å². The van der Waals surface area contributed by atoms with Crippen molar-refractivity contribution in [2.24, 2.45) is 4.99 Å². The van der Waals surface area contributed by atoms with Crippen LogP contribution >= 0.6 is 35.6 Å². The van der Waals surface area contributed by atoms with Gasteiger partial charge in [0.05, 0.1) is 22.6 Å². The predicted octanol–water partition coefficient (Wildman–Crippen LogP) is 3.48. The number of guanidine groups is 1. The number of aryl methyl sites for hydroxylation is 1. The molecular weight excluding hydrogens is 501 g/mol. The van der Waals surface area contributed by atoms with Gasteiger partial charge in [0.15, 0.2) is 5.96 Å². The van der Waals surface area contributed by atoms with Gasteiger partial charge < -0.3 is 20.5 Å². The Hall–Kier alpha value is -2.07. The minimum absolute atomic E-state index is 0. The molecule has 3 heterocycles. The Balaban J connectivity index is 0.00000240. The lowest BCUT2D eigenvalue weighted by Crippen LogP contribution is -2.44. The Morgan fingerprint density at radius 1 is 1.38 bits per heavy atom. The summed E-state index contributed by atoms with van der Waals surface area (Å²) in [5, 5.41) is 7.51. The summed E-state index contributed by atoms with van der Waals surface area (Å²) in [6.45, 7) is 4.40. The first kappa shape index (κ1) is 21.6. The van der Waals surface area contributed by atoms with Crippen molar-refractivity contribution in [3.8, 4) is 0 Å². The largest absolute Gasteiger partial charge is 0.353 e. The quantitative estimate of drug-likeness (QED) is 0.276. The number of benzene rings is 1. The van der Waals surface area contributed by atoms with E-state index >= 15 is 0 Å². The molecule has 2 aromatic heterocycles. The zero-order chi connectivity index (χ0) is 19.5. The smallest absolute Gasteiger partial charge is 0.191 e. The van der Waals surface area contributed by atoms with Crippen LogP contribution in [-0.2, 0) is 6.54 Å². The summed E-state index contributed by atoms with van der Waals surface area (Å²) in [4.78, 5) is 18.9. The molecule has 0 amide bonds. The minimum atomic E-state index is 0. The number of rotatable bonds is 4. The van der Waals surface area contributed by atoms with Gasteiger partial charge in [-0.15, -0.1) is 24.0 Å². The first-order chi connectivity index (χ1) is 13.6. The molecule has 1 aromatic carbocycles. The fourth-order valence-electron chi connectivity index (χ4n) is 3.50. The zero-order valence-corrected chi connectivity index (χ0v) is 19.5. The zero-order valence-electron chi connectivity index (χ0n) is 16.4. The normalized spacial score (nSPS) is 16.7. The van der Waals surface area contributed by atoms with Crippen molar-refractivity contribution in [3.63, 3.8) is 0 Å². The fourth-order valence-corrected chi connectivity index (χ4v) is 3.74. The Kier molecular flexibility index (Phi) is 7.18. The first-order valence-electron chi connectivity index (χ1n) is 9.40. The van der Waals surface area contributed by atoms with Crippen LogP contribution in [0.25, 0.3) is 11.0 Å². The molecule has 1 aliphatic heterocycles. The van der Waals surface area contributed by atoms with Gasteiger partial charge in [0.1, 0.15) is 11.6 Å². The van der Waals surface area contributed by atoms with Crippen LogP contribution in [0, 0.1) is 6.92 Å². The lowest BCUT2D eigenvalue weighted by molar-refractivity contribution is 0.645. The van der Waals surface area contributed by atoms with Gasteiger partial charge in [0.2, 0.25) is 0 Å². The number of aromatic amines is 1. The molecule has 0 radical (unpaired) electrons. The van der Waals surface area contributed by atoms with Gasteiger partial charge in [-0.1, -0.05) is 17.7 Å². The molecule has 0 saturated carbocycles. The highest BCUT2D eigenvalue weighted by molar-refractivity contribution is 14.0. The van der Waals surface area contributed by atoms with E-state index in [4.69, 9.17) is 11.6 Å². The summed E-state index contributed by atoms with van der Waals surface area (Å²) in [5.74, 6) is 2.49. The molecule has 4 rings (SSSR count). The molecule has 1 saturated heterocycles. The van der Waals surface area contributed by atoms with Crippen LogP contribution in [-0.4, -0.2) is 47.1 Å². The number of nitrogens with zero attached hydrogens (tertiary/aromatic N) is 4. The molecule has 1 fully saturated rings. The second kappa shape index (κ2) is 9.62. The van der Waals surface area contributed by atoms with E-state index in [9.17, 15) is 0 Å². The maximum atomic E-state index is 6.27. The second-order valence-corrected chi connectivity index (χ2v) is 7.42. The number of anilines is 1. The van der Waals surface area contributed by atoms with Crippen molar-refractivity contribution in [2.45, 2.75) is 25.9 Å². The van der Waals surface area contributed by atoms with Gasteiger partial charge >= 0.3 is 0 Å². The number of halogens is 2. The highest BCUT2D eigenvalue weighted by atomic mass is 127. The number of aromatic nitrogens is 3. The molecular formula is C20H25ClIN7. The number of fused-ring (bicyclic) bond motifs is 1. The SMILES string of the molecule is CN=C(NCc1nc2ccc(C)cc2[nH]1)NC1CCN(c2ncccc2Cl)C1.I. The number of imidazole rings is 1. The van der Waals surface area contributed by atoms with Crippen LogP contribution in [0.5, 0.6) is 0 Å². The summed E-state index contributed by atoms with van der Waals surface area (Å²) in [6, 6.07) is 10.2. The van der Waals surface area contributed by atoms with Crippen molar-refractivity contribution in [3.05, 3.63) is 52.9 Å². The van der Waals surface area contributed by atoms with E-state index < -0.39 is 0 Å². The Morgan fingerprint density at radius 3 is 3.03 bits per heavy atom. The van der Waals surface area contributed by atoms with Crippen molar-refractivity contribution in [1.29, 1.82) is 0 Å². The highest BCUT2D eigenvalue weighted by Crippen LogP contribution is 2.25. The number of H-pyrrole nitrogens is 1.